The summed E-state index contributed by atoms with van der Waals surface area (Å²) in [4.78, 5) is 26.4. The van der Waals surface area contributed by atoms with Crippen molar-refractivity contribution < 1.29 is 23.8 Å². The summed E-state index contributed by atoms with van der Waals surface area (Å²) in [6.45, 7) is 1.55. The third-order valence-electron chi connectivity index (χ3n) is 4.87. The molecule has 0 saturated carbocycles. The van der Waals surface area contributed by atoms with Gasteiger partial charge in [0.15, 0.2) is 18.1 Å². The zero-order chi connectivity index (χ0) is 20.2. The number of carbonyl (C=O) groups is 2. The maximum Gasteiger partial charge on any atom is 0.338 e. The Morgan fingerprint density at radius 1 is 1.10 bits per heavy atom. The quantitative estimate of drug-likeness (QED) is 0.717. The summed E-state index contributed by atoms with van der Waals surface area (Å²) < 4.78 is 16.1. The molecule has 0 radical (unpaired) electrons. The molecule has 7 heteroatoms. The number of carbonyl (C=O) groups excluding carboxylic acids is 2. The van der Waals surface area contributed by atoms with E-state index in [0.717, 1.165) is 6.42 Å². The van der Waals surface area contributed by atoms with Gasteiger partial charge in [-0.3, -0.25) is 4.79 Å². The molecule has 2 heterocycles. The van der Waals surface area contributed by atoms with Crippen molar-refractivity contribution in [2.75, 3.05) is 32.9 Å². The van der Waals surface area contributed by atoms with Crippen molar-refractivity contribution in [3.8, 4) is 11.5 Å². The number of nitrogens with zero attached hydrogens (tertiary/aromatic N) is 1. The van der Waals surface area contributed by atoms with Crippen LogP contribution in [0.2, 0.25) is 5.02 Å². The Balaban J connectivity index is 1.34. The summed E-state index contributed by atoms with van der Waals surface area (Å²) in [5.74, 6) is -0.0448. The molecule has 0 fully saturated rings. The van der Waals surface area contributed by atoms with E-state index in [1.807, 2.05) is 24.3 Å². The molecule has 150 valence electrons. The summed E-state index contributed by atoms with van der Waals surface area (Å²) in [7, 11) is 0. The van der Waals surface area contributed by atoms with Crippen molar-refractivity contribution in [3.05, 3.63) is 64.7 Å². The number of hydrogen-bond donors (Lipinski definition) is 0. The summed E-state index contributed by atoms with van der Waals surface area (Å²) in [6.07, 6.45) is 2.81. The lowest BCUT2D eigenvalue weighted by atomic mass is 10.00. The molecule has 0 aliphatic carbocycles. The first kappa shape index (κ1) is 19.3. The van der Waals surface area contributed by atoms with Gasteiger partial charge in [-0.1, -0.05) is 48.0 Å². The Bertz CT molecular complexity index is 957. The number of rotatable bonds is 4. The van der Waals surface area contributed by atoms with Crippen LogP contribution < -0.4 is 9.47 Å². The first-order valence-electron chi connectivity index (χ1n) is 9.40. The van der Waals surface area contributed by atoms with Gasteiger partial charge in [0.2, 0.25) is 0 Å². The average Bonchev–Trinajstić information content (AvgIpc) is 2.78. The van der Waals surface area contributed by atoms with Gasteiger partial charge in [0.1, 0.15) is 13.2 Å². The molecule has 0 aromatic heterocycles. The average molecular weight is 414 g/mol. The fourth-order valence-corrected chi connectivity index (χ4v) is 3.61. The highest BCUT2D eigenvalue weighted by Gasteiger charge is 2.22. The summed E-state index contributed by atoms with van der Waals surface area (Å²) in [6, 6.07) is 13.1. The standard InChI is InChI=1S/C22H20ClNO5/c23-18-12-17(13-19-21(18)28-11-10-27-19)22(26)29-14-20(25)24-8-6-16(7-9-24)15-4-2-1-3-5-15/h1-6,12-13H,7-11,14H2. The number of amides is 1. The second-order valence-corrected chi connectivity index (χ2v) is 7.15. The van der Waals surface area contributed by atoms with E-state index in [4.69, 9.17) is 25.8 Å². The van der Waals surface area contributed by atoms with Crippen LogP contribution in [-0.4, -0.2) is 49.7 Å². The van der Waals surface area contributed by atoms with E-state index in [1.165, 1.54) is 23.3 Å². The highest BCUT2D eigenvalue weighted by atomic mass is 35.5. The molecule has 6 nitrogen and oxygen atoms in total. The van der Waals surface area contributed by atoms with Crippen molar-refractivity contribution in [3.63, 3.8) is 0 Å². The van der Waals surface area contributed by atoms with Gasteiger partial charge in [-0.25, -0.2) is 4.79 Å². The van der Waals surface area contributed by atoms with Gasteiger partial charge in [0.05, 0.1) is 10.6 Å². The minimum atomic E-state index is -0.630. The lowest BCUT2D eigenvalue weighted by molar-refractivity contribution is -0.134. The molecule has 29 heavy (non-hydrogen) atoms. The predicted octanol–water partition coefficient (Wildman–Crippen LogP) is 3.58. The van der Waals surface area contributed by atoms with Crippen molar-refractivity contribution >= 4 is 29.1 Å². The van der Waals surface area contributed by atoms with Crippen LogP contribution in [0.15, 0.2) is 48.5 Å². The minimum Gasteiger partial charge on any atom is -0.486 e. The monoisotopic (exact) mass is 413 g/mol. The molecular weight excluding hydrogens is 394 g/mol. The van der Waals surface area contributed by atoms with E-state index in [2.05, 4.69) is 12.1 Å². The van der Waals surface area contributed by atoms with E-state index in [-0.39, 0.29) is 23.1 Å². The largest absolute Gasteiger partial charge is 0.486 e. The van der Waals surface area contributed by atoms with Gasteiger partial charge in [0, 0.05) is 13.1 Å². The van der Waals surface area contributed by atoms with Crippen molar-refractivity contribution in [2.45, 2.75) is 6.42 Å². The normalized spacial score (nSPS) is 15.5. The van der Waals surface area contributed by atoms with Crippen LogP contribution in [0, 0.1) is 0 Å². The van der Waals surface area contributed by atoms with Gasteiger partial charge in [-0.05, 0) is 29.7 Å². The Kier molecular flexibility index (Phi) is 5.71. The summed E-state index contributed by atoms with van der Waals surface area (Å²) >= 11 is 6.15. The molecule has 2 aliphatic rings. The van der Waals surface area contributed by atoms with Crippen LogP contribution in [0.1, 0.15) is 22.3 Å². The summed E-state index contributed by atoms with van der Waals surface area (Å²) in [5.41, 5.74) is 2.61. The van der Waals surface area contributed by atoms with Crippen LogP contribution in [0.5, 0.6) is 11.5 Å². The zero-order valence-electron chi connectivity index (χ0n) is 15.7. The molecule has 2 aliphatic heterocycles. The number of hydrogen-bond acceptors (Lipinski definition) is 5. The number of fused-ring (bicyclic) bond motifs is 1. The Morgan fingerprint density at radius 2 is 1.90 bits per heavy atom. The van der Waals surface area contributed by atoms with Crippen LogP contribution >= 0.6 is 11.6 Å². The molecule has 0 unspecified atom stereocenters. The van der Waals surface area contributed by atoms with E-state index in [0.29, 0.717) is 37.8 Å². The van der Waals surface area contributed by atoms with Crippen LogP contribution in [0.4, 0.5) is 0 Å². The van der Waals surface area contributed by atoms with Gasteiger partial charge in [-0.15, -0.1) is 0 Å². The Labute approximate surface area is 173 Å². The number of esters is 1. The Morgan fingerprint density at radius 3 is 2.66 bits per heavy atom. The van der Waals surface area contributed by atoms with Gasteiger partial charge >= 0.3 is 5.97 Å². The topological polar surface area (TPSA) is 65.1 Å². The number of halogens is 1. The third kappa shape index (κ3) is 4.38. The molecule has 0 N–H and O–H groups in total. The second kappa shape index (κ2) is 8.57. The van der Waals surface area contributed by atoms with Gasteiger partial charge in [0.25, 0.3) is 5.91 Å². The second-order valence-electron chi connectivity index (χ2n) is 6.74. The molecule has 1 amide bonds. The Hall–Kier alpha value is -2.99. The fourth-order valence-electron chi connectivity index (χ4n) is 3.34. The van der Waals surface area contributed by atoms with Crippen molar-refractivity contribution in [2.24, 2.45) is 0 Å². The lowest BCUT2D eigenvalue weighted by Crippen LogP contribution is -2.37. The lowest BCUT2D eigenvalue weighted by Gasteiger charge is -2.26. The van der Waals surface area contributed by atoms with Crippen LogP contribution in [0.3, 0.4) is 0 Å². The first-order chi connectivity index (χ1) is 14.1. The highest BCUT2D eigenvalue weighted by Crippen LogP contribution is 2.38. The van der Waals surface area contributed by atoms with Crippen LogP contribution in [0.25, 0.3) is 5.57 Å². The van der Waals surface area contributed by atoms with Crippen LogP contribution in [-0.2, 0) is 9.53 Å². The highest BCUT2D eigenvalue weighted by molar-refractivity contribution is 6.32. The molecule has 0 bridgehead atoms. The molecule has 2 aromatic carbocycles. The predicted molar refractivity (Wildman–Crippen MR) is 108 cm³/mol. The third-order valence-corrected chi connectivity index (χ3v) is 5.15. The minimum absolute atomic E-state index is 0.219. The first-order valence-corrected chi connectivity index (χ1v) is 9.78. The van der Waals surface area contributed by atoms with E-state index in [1.54, 1.807) is 4.90 Å². The van der Waals surface area contributed by atoms with E-state index < -0.39 is 5.97 Å². The maximum atomic E-state index is 12.4. The molecule has 0 spiro atoms. The van der Waals surface area contributed by atoms with Crippen molar-refractivity contribution in [1.29, 1.82) is 0 Å². The molecule has 0 atom stereocenters. The molecule has 2 aromatic rings. The maximum absolute atomic E-state index is 12.4. The summed E-state index contributed by atoms with van der Waals surface area (Å²) in [5, 5.41) is 0.273. The molecular formula is C22H20ClNO5. The molecule has 0 saturated heterocycles. The van der Waals surface area contributed by atoms with Gasteiger partial charge < -0.3 is 19.1 Å². The number of benzene rings is 2. The SMILES string of the molecule is O=C(OCC(=O)N1CC=C(c2ccccc2)CC1)c1cc(Cl)c2c(c1)OCCO2. The smallest absolute Gasteiger partial charge is 0.338 e. The van der Waals surface area contributed by atoms with E-state index >= 15 is 0 Å². The van der Waals surface area contributed by atoms with Crippen molar-refractivity contribution in [1.82, 2.24) is 4.90 Å². The zero-order valence-corrected chi connectivity index (χ0v) is 16.5. The van der Waals surface area contributed by atoms with Gasteiger partial charge in [-0.2, -0.15) is 0 Å². The molecule has 4 rings (SSSR count). The fraction of sp³-hybridized carbons (Fsp3) is 0.273. The van der Waals surface area contributed by atoms with E-state index in [9.17, 15) is 9.59 Å². The number of ether oxygens (including phenoxy) is 3.